The molecular formula is C11H13N5O3. The predicted molar refractivity (Wildman–Crippen MR) is 67.0 cm³/mol. The number of hydrogen-bond donors (Lipinski definition) is 1. The maximum absolute atomic E-state index is 11.9. The fourth-order valence-corrected chi connectivity index (χ4v) is 1.50. The normalized spacial score (nSPS) is 10.4. The molecule has 0 unspecified atom stereocenters. The average molecular weight is 263 g/mol. The molecule has 2 heterocycles. The van der Waals surface area contributed by atoms with Gasteiger partial charge in [0.25, 0.3) is 5.56 Å². The van der Waals surface area contributed by atoms with Crippen molar-refractivity contribution in [2.75, 3.05) is 12.3 Å². The van der Waals surface area contributed by atoms with Gasteiger partial charge in [-0.05, 0) is 6.92 Å². The summed E-state index contributed by atoms with van der Waals surface area (Å²) in [6.07, 6.45) is 4.33. The molecule has 0 saturated carbocycles. The predicted octanol–water partition coefficient (Wildman–Crippen LogP) is -0.275. The van der Waals surface area contributed by atoms with Gasteiger partial charge in [0.1, 0.15) is 0 Å². The van der Waals surface area contributed by atoms with Crippen molar-refractivity contribution in [1.29, 1.82) is 0 Å². The number of aryl methyl sites for hydroxylation is 1. The Hall–Kier alpha value is -2.64. The third-order valence-corrected chi connectivity index (χ3v) is 2.43. The first-order valence-corrected chi connectivity index (χ1v) is 5.59. The van der Waals surface area contributed by atoms with E-state index in [1.54, 1.807) is 14.0 Å². The lowest BCUT2D eigenvalue weighted by molar-refractivity contribution is 0.0520. The molecule has 0 aliphatic heterocycles. The topological polar surface area (TPSA) is 105 Å². The molecule has 8 nitrogen and oxygen atoms in total. The highest BCUT2D eigenvalue weighted by molar-refractivity contribution is 5.92. The van der Waals surface area contributed by atoms with Gasteiger partial charge in [0.2, 0.25) is 5.82 Å². The first-order chi connectivity index (χ1) is 9.04. The second-order valence-electron chi connectivity index (χ2n) is 3.76. The molecule has 0 saturated heterocycles. The van der Waals surface area contributed by atoms with Crippen molar-refractivity contribution in [3.8, 4) is 5.82 Å². The Morgan fingerprint density at radius 1 is 1.53 bits per heavy atom. The van der Waals surface area contributed by atoms with E-state index in [0.717, 1.165) is 0 Å². The molecule has 8 heteroatoms. The zero-order valence-corrected chi connectivity index (χ0v) is 10.5. The van der Waals surface area contributed by atoms with Crippen molar-refractivity contribution in [2.45, 2.75) is 6.92 Å². The van der Waals surface area contributed by atoms with Crippen LogP contribution < -0.4 is 11.3 Å². The summed E-state index contributed by atoms with van der Waals surface area (Å²) in [6, 6.07) is 0. The summed E-state index contributed by atoms with van der Waals surface area (Å²) < 4.78 is 7.34. The SMILES string of the molecule is CCOC(=O)c1nn(-c2nccn(C)c2=O)cc1N. The van der Waals surface area contributed by atoms with Crippen LogP contribution >= 0.6 is 0 Å². The molecule has 0 aromatic carbocycles. The molecule has 0 bridgehead atoms. The molecule has 0 aliphatic carbocycles. The maximum Gasteiger partial charge on any atom is 0.361 e. The van der Waals surface area contributed by atoms with Crippen LogP contribution in [-0.4, -0.2) is 31.9 Å². The van der Waals surface area contributed by atoms with E-state index in [0.29, 0.717) is 0 Å². The van der Waals surface area contributed by atoms with Crippen molar-refractivity contribution in [2.24, 2.45) is 7.05 Å². The van der Waals surface area contributed by atoms with Gasteiger partial charge in [0, 0.05) is 19.4 Å². The standard InChI is InChI=1S/C11H13N5O3/c1-3-19-11(18)8-7(12)6-16(14-8)9-10(17)15(2)5-4-13-9/h4-6H,3,12H2,1-2H3. The number of esters is 1. The van der Waals surface area contributed by atoms with E-state index in [1.165, 1.54) is 27.8 Å². The van der Waals surface area contributed by atoms with Gasteiger partial charge in [-0.2, -0.15) is 5.10 Å². The minimum Gasteiger partial charge on any atom is -0.461 e. The molecule has 19 heavy (non-hydrogen) atoms. The van der Waals surface area contributed by atoms with E-state index in [2.05, 4.69) is 10.1 Å². The van der Waals surface area contributed by atoms with Crippen molar-refractivity contribution < 1.29 is 9.53 Å². The molecule has 0 amide bonds. The lowest BCUT2D eigenvalue weighted by Gasteiger charge is -2.01. The van der Waals surface area contributed by atoms with Crippen LogP contribution in [-0.2, 0) is 11.8 Å². The minimum atomic E-state index is -0.633. The summed E-state index contributed by atoms with van der Waals surface area (Å²) in [5, 5.41) is 3.94. The minimum absolute atomic E-state index is 0.0328. The molecule has 0 atom stereocenters. The number of nitrogen functional groups attached to an aromatic ring is 1. The highest BCUT2D eigenvalue weighted by Gasteiger charge is 2.18. The van der Waals surface area contributed by atoms with Crippen molar-refractivity contribution in [1.82, 2.24) is 19.3 Å². The van der Waals surface area contributed by atoms with Gasteiger partial charge in [0.15, 0.2) is 5.69 Å². The molecular weight excluding hydrogens is 250 g/mol. The molecule has 0 aliphatic rings. The third-order valence-electron chi connectivity index (χ3n) is 2.43. The van der Waals surface area contributed by atoms with Crippen LogP contribution in [0.1, 0.15) is 17.4 Å². The Morgan fingerprint density at radius 2 is 2.26 bits per heavy atom. The van der Waals surface area contributed by atoms with Gasteiger partial charge in [0.05, 0.1) is 18.5 Å². The van der Waals surface area contributed by atoms with Gasteiger partial charge in [-0.25, -0.2) is 14.5 Å². The summed E-state index contributed by atoms with van der Waals surface area (Å²) >= 11 is 0. The fraction of sp³-hybridized carbons (Fsp3) is 0.273. The number of aromatic nitrogens is 4. The van der Waals surface area contributed by atoms with E-state index in [4.69, 9.17) is 10.5 Å². The fourth-order valence-electron chi connectivity index (χ4n) is 1.50. The van der Waals surface area contributed by atoms with Crippen LogP contribution in [0, 0.1) is 0 Å². The van der Waals surface area contributed by atoms with Crippen LogP contribution in [0.5, 0.6) is 0 Å². The van der Waals surface area contributed by atoms with Crippen LogP contribution in [0.15, 0.2) is 23.4 Å². The Balaban J connectivity index is 2.48. The first kappa shape index (κ1) is 12.8. The number of hydrogen-bond acceptors (Lipinski definition) is 6. The molecule has 2 N–H and O–H groups in total. The number of nitrogens with two attached hydrogens (primary N) is 1. The number of carbonyl (C=O) groups is 1. The number of rotatable bonds is 3. The van der Waals surface area contributed by atoms with Gasteiger partial charge < -0.3 is 15.0 Å². The highest BCUT2D eigenvalue weighted by Crippen LogP contribution is 2.12. The smallest absolute Gasteiger partial charge is 0.361 e. The summed E-state index contributed by atoms with van der Waals surface area (Å²) in [4.78, 5) is 27.4. The Kier molecular flexibility index (Phi) is 3.32. The van der Waals surface area contributed by atoms with Crippen LogP contribution in [0.3, 0.4) is 0 Å². The van der Waals surface area contributed by atoms with Gasteiger partial charge in [-0.15, -0.1) is 0 Å². The number of carbonyl (C=O) groups excluding carboxylic acids is 1. The molecule has 100 valence electrons. The molecule has 0 fully saturated rings. The Bertz CT molecular complexity index is 673. The number of nitrogens with zero attached hydrogens (tertiary/aromatic N) is 4. The summed E-state index contributed by atoms with van der Waals surface area (Å²) in [5.41, 5.74) is 5.43. The molecule has 0 radical (unpaired) electrons. The van der Waals surface area contributed by atoms with E-state index < -0.39 is 5.97 Å². The molecule has 2 aromatic rings. The van der Waals surface area contributed by atoms with Crippen LogP contribution in [0.4, 0.5) is 5.69 Å². The highest BCUT2D eigenvalue weighted by atomic mass is 16.5. The van der Waals surface area contributed by atoms with Crippen molar-refractivity contribution in [3.05, 3.63) is 34.6 Å². The zero-order valence-electron chi connectivity index (χ0n) is 10.5. The van der Waals surface area contributed by atoms with Gasteiger partial charge >= 0.3 is 5.97 Å². The first-order valence-electron chi connectivity index (χ1n) is 5.59. The lowest BCUT2D eigenvalue weighted by Crippen LogP contribution is -2.23. The van der Waals surface area contributed by atoms with Crippen molar-refractivity contribution in [3.63, 3.8) is 0 Å². The van der Waals surface area contributed by atoms with Crippen LogP contribution in [0.2, 0.25) is 0 Å². The van der Waals surface area contributed by atoms with Crippen LogP contribution in [0.25, 0.3) is 5.82 Å². The van der Waals surface area contributed by atoms with E-state index in [1.807, 2.05) is 0 Å². The second-order valence-corrected chi connectivity index (χ2v) is 3.76. The van der Waals surface area contributed by atoms with Gasteiger partial charge in [-0.1, -0.05) is 0 Å². The Labute approximate surface area is 108 Å². The van der Waals surface area contributed by atoms with Gasteiger partial charge in [-0.3, -0.25) is 4.79 Å². The molecule has 2 rings (SSSR count). The molecule has 2 aromatic heterocycles. The number of anilines is 1. The summed E-state index contributed by atoms with van der Waals surface area (Å²) in [6.45, 7) is 1.90. The summed E-state index contributed by atoms with van der Waals surface area (Å²) in [7, 11) is 1.59. The maximum atomic E-state index is 11.9. The van der Waals surface area contributed by atoms with Crippen molar-refractivity contribution >= 4 is 11.7 Å². The lowest BCUT2D eigenvalue weighted by atomic mass is 10.4. The largest absolute Gasteiger partial charge is 0.461 e. The monoisotopic (exact) mass is 263 g/mol. The van der Waals surface area contributed by atoms with E-state index >= 15 is 0 Å². The average Bonchev–Trinajstić information content (AvgIpc) is 2.75. The zero-order chi connectivity index (χ0) is 14.0. The third kappa shape index (κ3) is 2.32. The van der Waals surface area contributed by atoms with E-state index in [-0.39, 0.29) is 29.4 Å². The quantitative estimate of drug-likeness (QED) is 0.764. The Morgan fingerprint density at radius 3 is 2.95 bits per heavy atom. The second kappa shape index (κ2) is 4.92. The summed E-state index contributed by atoms with van der Waals surface area (Å²) in [5.74, 6) is -0.571. The molecule has 0 spiro atoms. The number of ether oxygens (including phenoxy) is 1. The van der Waals surface area contributed by atoms with E-state index in [9.17, 15) is 9.59 Å².